The minimum absolute atomic E-state index is 0. The molecule has 1 aromatic heterocycles. The van der Waals surface area contributed by atoms with Crippen LogP contribution in [-0.2, 0) is 20.4 Å². The van der Waals surface area contributed by atoms with Crippen molar-refractivity contribution in [1.82, 2.24) is 4.98 Å². The van der Waals surface area contributed by atoms with Crippen molar-refractivity contribution >= 4 is 14.9 Å². The average molecular weight is 270 g/mol. The topological polar surface area (TPSA) is 15.8 Å². The van der Waals surface area contributed by atoms with Crippen molar-refractivity contribution in [2.24, 2.45) is 0 Å². The standard InChI is InChI=1S/C8H6N.3ClH.Ti/c1-2-4-8-7(3-1)5-6-9-8;;;;/h1-5,9H;3*1H;/q;;;;+3/p-3. The molecule has 0 saturated carbocycles. The molecule has 0 radical (unpaired) electrons. The van der Waals surface area contributed by atoms with Crippen LogP contribution < -0.4 is 41.2 Å². The van der Waals surface area contributed by atoms with Gasteiger partial charge in [-0.3, -0.25) is 0 Å². The fourth-order valence-corrected chi connectivity index (χ4v) is 1.53. The molecule has 0 unspecified atom stereocenters. The second-order valence-electron chi connectivity index (χ2n) is 2.27. The van der Waals surface area contributed by atoms with Gasteiger partial charge in [0, 0.05) is 0 Å². The Morgan fingerprint density at radius 1 is 1.00 bits per heavy atom. The van der Waals surface area contributed by atoms with Crippen molar-refractivity contribution in [2.75, 3.05) is 0 Å². The Kier molecular flexibility index (Phi) is 8.20. The molecule has 5 heteroatoms. The molecule has 1 nitrogen and oxygen atoms in total. The van der Waals surface area contributed by atoms with E-state index in [-0.39, 0.29) is 37.2 Å². The molecule has 1 heterocycles. The van der Waals surface area contributed by atoms with Gasteiger partial charge in [-0.25, -0.2) is 0 Å². The molecule has 0 aliphatic heterocycles. The van der Waals surface area contributed by atoms with Crippen LogP contribution in [0.15, 0.2) is 30.3 Å². The number of rotatable bonds is 0. The zero-order valence-electron chi connectivity index (χ0n) is 6.52. The summed E-state index contributed by atoms with van der Waals surface area (Å²) in [6, 6.07) is 10.4. The first-order valence-corrected chi connectivity index (χ1v) is 3.94. The second kappa shape index (κ2) is 6.75. The van der Waals surface area contributed by atoms with Gasteiger partial charge in [-0.2, -0.15) is 0 Å². The normalized spacial score (nSPS) is 8.15. The molecule has 2 aromatic rings. The molecule has 0 aliphatic carbocycles. The van der Waals surface area contributed by atoms with Crippen molar-refractivity contribution in [3.05, 3.63) is 30.3 Å². The van der Waals surface area contributed by atoms with Crippen LogP contribution >= 0.6 is 0 Å². The molecule has 1 N–H and O–H groups in total. The third-order valence-corrected chi connectivity index (χ3v) is 1.95. The molecule has 0 amide bonds. The number of hydrogen-bond acceptors (Lipinski definition) is 0. The Balaban J connectivity index is 0. The molecular weight excluding hydrogens is 264 g/mol. The zero-order valence-corrected chi connectivity index (χ0v) is 10.3. The molecule has 0 saturated heterocycles. The second-order valence-corrected chi connectivity index (χ2v) is 3.11. The van der Waals surface area contributed by atoms with E-state index in [4.69, 9.17) is 0 Å². The minimum atomic E-state index is 0. The van der Waals surface area contributed by atoms with E-state index < -0.39 is 0 Å². The average Bonchev–Trinajstić information content (AvgIpc) is 2.27. The van der Waals surface area contributed by atoms with Crippen molar-refractivity contribution < 1.29 is 57.7 Å². The first-order chi connectivity index (χ1) is 4.86. The van der Waals surface area contributed by atoms with Gasteiger partial charge in [0.15, 0.2) is 0 Å². The summed E-state index contributed by atoms with van der Waals surface area (Å²) in [5.74, 6) is 0. The predicted molar refractivity (Wildman–Crippen MR) is 37.9 cm³/mol. The van der Waals surface area contributed by atoms with Crippen LogP contribution in [0.25, 0.3) is 10.9 Å². The molecule has 0 bridgehead atoms. The van der Waals surface area contributed by atoms with E-state index in [9.17, 15) is 0 Å². The molecule has 13 heavy (non-hydrogen) atoms. The Labute approximate surface area is 107 Å². The zero-order chi connectivity index (χ0) is 6.97. The van der Waals surface area contributed by atoms with E-state index in [1.807, 2.05) is 6.07 Å². The fourth-order valence-electron chi connectivity index (χ4n) is 1.07. The fraction of sp³-hybridized carbons (Fsp3) is 0. The summed E-state index contributed by atoms with van der Waals surface area (Å²) in [4.78, 5) is 3.26. The van der Waals surface area contributed by atoms with Crippen LogP contribution in [0.2, 0.25) is 0 Å². The molecule has 0 fully saturated rings. The number of fused-ring (bicyclic) bond motifs is 1. The van der Waals surface area contributed by atoms with Gasteiger partial charge in [-0.05, 0) is 0 Å². The monoisotopic (exact) mass is 269 g/mol. The SMILES string of the molecule is [Cl-].[Cl-].[Cl-].[Ti+3][c]1cc2ccccc2[nH]1. The Bertz CT molecular complexity index is 328. The molecule has 0 atom stereocenters. The molecule has 0 aliphatic rings. The van der Waals surface area contributed by atoms with Gasteiger partial charge < -0.3 is 37.2 Å². The summed E-state index contributed by atoms with van der Waals surface area (Å²) < 4.78 is 1.22. The number of benzene rings is 1. The van der Waals surface area contributed by atoms with Gasteiger partial charge in [-0.15, -0.1) is 0 Å². The van der Waals surface area contributed by atoms with Gasteiger partial charge in [-0.1, -0.05) is 0 Å². The number of para-hydroxylation sites is 1. The summed E-state index contributed by atoms with van der Waals surface area (Å²) in [5, 5.41) is 1.29. The van der Waals surface area contributed by atoms with Crippen molar-refractivity contribution in [3.63, 3.8) is 0 Å². The maximum atomic E-state index is 3.26. The van der Waals surface area contributed by atoms with Gasteiger partial charge >= 0.3 is 70.7 Å². The quantitative estimate of drug-likeness (QED) is 0.458. The summed E-state index contributed by atoms with van der Waals surface area (Å²) >= 11 is 2.07. The Morgan fingerprint density at radius 3 is 2.23 bits per heavy atom. The number of hydrogen-bond donors (Lipinski definition) is 1. The number of aromatic nitrogens is 1. The summed E-state index contributed by atoms with van der Waals surface area (Å²) in [6.45, 7) is 0. The number of halogens is 3. The van der Waals surface area contributed by atoms with Crippen LogP contribution in [-0.4, -0.2) is 4.98 Å². The van der Waals surface area contributed by atoms with Gasteiger partial charge in [0.2, 0.25) is 0 Å². The predicted octanol–water partition coefficient (Wildman–Crippen LogP) is -7.65. The van der Waals surface area contributed by atoms with Crippen LogP contribution in [0.3, 0.4) is 0 Å². The van der Waals surface area contributed by atoms with Crippen molar-refractivity contribution in [3.8, 4) is 0 Å². The van der Waals surface area contributed by atoms with E-state index in [2.05, 4.69) is 49.7 Å². The van der Waals surface area contributed by atoms with Crippen LogP contribution in [0.4, 0.5) is 0 Å². The Morgan fingerprint density at radius 2 is 1.62 bits per heavy atom. The van der Waals surface area contributed by atoms with Crippen LogP contribution in [0.5, 0.6) is 0 Å². The Hall–Kier alpha value is 0.344. The number of nitrogens with one attached hydrogen (secondary N) is 1. The summed E-state index contributed by atoms with van der Waals surface area (Å²) in [7, 11) is 0. The summed E-state index contributed by atoms with van der Waals surface area (Å²) in [6.07, 6.45) is 0. The van der Waals surface area contributed by atoms with Crippen molar-refractivity contribution in [1.29, 1.82) is 0 Å². The number of aromatic amines is 1. The third-order valence-electron chi connectivity index (χ3n) is 1.53. The van der Waals surface area contributed by atoms with E-state index in [0.29, 0.717) is 0 Å². The van der Waals surface area contributed by atoms with Crippen LogP contribution in [0, 0.1) is 0 Å². The summed E-state index contributed by atoms with van der Waals surface area (Å²) in [5.41, 5.74) is 1.22. The third kappa shape index (κ3) is 3.53. The van der Waals surface area contributed by atoms with E-state index in [1.54, 1.807) is 0 Å². The maximum absolute atomic E-state index is 3.26. The van der Waals surface area contributed by atoms with Gasteiger partial charge in [0.25, 0.3) is 0 Å². The first kappa shape index (κ1) is 15.8. The molecule has 0 spiro atoms. The molecule has 68 valence electrons. The van der Waals surface area contributed by atoms with E-state index in [0.717, 1.165) is 0 Å². The van der Waals surface area contributed by atoms with E-state index >= 15 is 0 Å². The van der Waals surface area contributed by atoms with E-state index in [1.165, 1.54) is 14.9 Å². The van der Waals surface area contributed by atoms with Gasteiger partial charge in [0.05, 0.1) is 0 Å². The first-order valence-electron chi connectivity index (χ1n) is 3.15. The van der Waals surface area contributed by atoms with Crippen molar-refractivity contribution in [2.45, 2.75) is 0 Å². The van der Waals surface area contributed by atoms with Crippen LogP contribution in [0.1, 0.15) is 0 Å². The molecule has 2 rings (SSSR count). The number of H-pyrrole nitrogens is 1. The van der Waals surface area contributed by atoms with Gasteiger partial charge in [0.1, 0.15) is 0 Å². The molecule has 1 aromatic carbocycles. The molecular formula is C8H6Cl3NTi.